The maximum absolute atomic E-state index is 12.2. The summed E-state index contributed by atoms with van der Waals surface area (Å²) in [6, 6.07) is 21.3. The molecule has 1 aliphatic carbocycles. The van der Waals surface area contributed by atoms with Crippen molar-refractivity contribution in [3.8, 4) is 16.9 Å². The number of hydrogen-bond acceptors (Lipinski definition) is 4. The van der Waals surface area contributed by atoms with Crippen molar-refractivity contribution >= 4 is 18.1 Å². The predicted octanol–water partition coefficient (Wildman–Crippen LogP) is 5.34. The van der Waals surface area contributed by atoms with Crippen LogP contribution in [0.4, 0.5) is 4.79 Å². The smallest absolute Gasteiger partial charge is 0.407 e. The molecule has 1 amide bonds. The van der Waals surface area contributed by atoms with E-state index in [2.05, 4.69) is 29.6 Å². The van der Waals surface area contributed by atoms with E-state index in [0.717, 1.165) is 0 Å². The topological polar surface area (TPSA) is 84.9 Å². The third-order valence-corrected chi connectivity index (χ3v) is 5.71. The van der Waals surface area contributed by atoms with Crippen molar-refractivity contribution in [1.29, 1.82) is 0 Å². The number of carbonyl (C=O) groups excluding carboxylic acids is 1. The van der Waals surface area contributed by atoms with Gasteiger partial charge in [-0.3, -0.25) is 0 Å². The van der Waals surface area contributed by atoms with Crippen molar-refractivity contribution in [3.63, 3.8) is 0 Å². The average molecular weight is 443 g/mol. The lowest BCUT2D eigenvalue weighted by Gasteiger charge is -2.14. The van der Waals surface area contributed by atoms with E-state index in [0.29, 0.717) is 24.3 Å². The Bertz CT molecular complexity index is 1160. The second-order valence-electron chi connectivity index (χ2n) is 7.70. The largest absolute Gasteiger partial charge is 0.497 e. The standard InChI is InChI=1S/C27H25NO5/c1-32-19-14-13-18(24(16-19)26(29)30)8-6-7-15-28-27(31)33-17-25-22-11-4-2-9-20(22)21-10-3-5-12-23(21)25/h2-6,8-14,16,25H,7,15,17H2,1H3,(H,28,31)(H,29,30). The van der Waals surface area contributed by atoms with E-state index in [1.165, 1.54) is 35.4 Å². The quantitative estimate of drug-likeness (QED) is 0.460. The number of nitrogens with one attached hydrogen (secondary N) is 1. The number of alkyl carbamates (subject to hydrolysis) is 1. The number of ether oxygens (including phenoxy) is 2. The molecule has 0 radical (unpaired) electrons. The Kier molecular flexibility index (Phi) is 6.74. The van der Waals surface area contributed by atoms with Gasteiger partial charge in [-0.2, -0.15) is 0 Å². The maximum Gasteiger partial charge on any atom is 0.407 e. The van der Waals surface area contributed by atoms with Gasteiger partial charge in [-0.15, -0.1) is 0 Å². The number of benzene rings is 3. The molecule has 0 spiro atoms. The third-order valence-electron chi connectivity index (χ3n) is 5.71. The van der Waals surface area contributed by atoms with Crippen LogP contribution >= 0.6 is 0 Å². The number of methoxy groups -OCH3 is 1. The van der Waals surface area contributed by atoms with Gasteiger partial charge in [-0.25, -0.2) is 9.59 Å². The lowest BCUT2D eigenvalue weighted by Crippen LogP contribution is -2.26. The van der Waals surface area contributed by atoms with Crippen LogP contribution in [0.25, 0.3) is 17.2 Å². The van der Waals surface area contributed by atoms with E-state index < -0.39 is 12.1 Å². The first kappa shape index (κ1) is 22.1. The van der Waals surface area contributed by atoms with Crippen LogP contribution in [-0.2, 0) is 4.74 Å². The molecule has 4 rings (SSSR count). The fourth-order valence-corrected chi connectivity index (χ4v) is 4.11. The predicted molar refractivity (Wildman–Crippen MR) is 127 cm³/mol. The molecule has 0 atom stereocenters. The minimum atomic E-state index is -1.02. The zero-order chi connectivity index (χ0) is 23.2. The Hall–Kier alpha value is -4.06. The summed E-state index contributed by atoms with van der Waals surface area (Å²) in [5.74, 6) is -0.514. The summed E-state index contributed by atoms with van der Waals surface area (Å²) >= 11 is 0. The summed E-state index contributed by atoms with van der Waals surface area (Å²) in [5.41, 5.74) is 5.45. The van der Waals surface area contributed by atoms with Crippen molar-refractivity contribution in [2.24, 2.45) is 0 Å². The van der Waals surface area contributed by atoms with Gasteiger partial charge >= 0.3 is 12.1 Å². The molecule has 2 N–H and O–H groups in total. The average Bonchev–Trinajstić information content (AvgIpc) is 3.16. The van der Waals surface area contributed by atoms with Crippen LogP contribution < -0.4 is 10.1 Å². The number of carbonyl (C=O) groups is 2. The fraction of sp³-hybridized carbons (Fsp3) is 0.185. The number of fused-ring (bicyclic) bond motifs is 3. The fourth-order valence-electron chi connectivity index (χ4n) is 4.11. The summed E-state index contributed by atoms with van der Waals surface area (Å²) < 4.78 is 10.6. The lowest BCUT2D eigenvalue weighted by atomic mass is 9.98. The van der Waals surface area contributed by atoms with E-state index in [1.54, 1.807) is 18.2 Å². The molecule has 1 aliphatic rings. The third kappa shape index (κ3) is 4.90. The van der Waals surface area contributed by atoms with Gasteiger partial charge in [0.25, 0.3) is 0 Å². The van der Waals surface area contributed by atoms with Crippen LogP contribution in [0.1, 0.15) is 39.4 Å². The van der Waals surface area contributed by atoms with Gasteiger partial charge in [0.1, 0.15) is 12.4 Å². The molecule has 3 aromatic carbocycles. The van der Waals surface area contributed by atoms with Gasteiger partial charge in [0.15, 0.2) is 0 Å². The SMILES string of the molecule is COc1ccc(C=CCCNC(=O)OCC2c3ccccc3-c3ccccc32)c(C(=O)O)c1. The number of rotatable bonds is 8. The molecule has 0 bridgehead atoms. The summed E-state index contributed by atoms with van der Waals surface area (Å²) in [7, 11) is 1.49. The lowest BCUT2D eigenvalue weighted by molar-refractivity contribution is 0.0696. The first-order valence-electron chi connectivity index (χ1n) is 10.7. The molecular formula is C27H25NO5. The van der Waals surface area contributed by atoms with Crippen LogP contribution in [0.5, 0.6) is 5.75 Å². The van der Waals surface area contributed by atoms with Gasteiger partial charge in [-0.1, -0.05) is 66.7 Å². The summed E-state index contributed by atoms with van der Waals surface area (Å²) in [6.45, 7) is 0.648. The van der Waals surface area contributed by atoms with Crippen molar-refractivity contribution in [2.75, 3.05) is 20.3 Å². The van der Waals surface area contributed by atoms with Crippen LogP contribution in [0.2, 0.25) is 0 Å². The zero-order valence-corrected chi connectivity index (χ0v) is 18.3. The minimum Gasteiger partial charge on any atom is -0.497 e. The number of hydrogen-bond donors (Lipinski definition) is 2. The number of aromatic carboxylic acids is 1. The first-order valence-corrected chi connectivity index (χ1v) is 10.7. The zero-order valence-electron chi connectivity index (χ0n) is 18.3. The first-order chi connectivity index (χ1) is 16.1. The van der Waals surface area contributed by atoms with E-state index in [-0.39, 0.29) is 18.1 Å². The molecule has 0 saturated carbocycles. The van der Waals surface area contributed by atoms with Gasteiger partial charge < -0.3 is 19.9 Å². The Morgan fingerprint density at radius 3 is 2.30 bits per heavy atom. The number of amides is 1. The summed E-state index contributed by atoms with van der Waals surface area (Å²) in [4.78, 5) is 23.7. The molecule has 0 fully saturated rings. The Morgan fingerprint density at radius 1 is 1.00 bits per heavy atom. The molecule has 3 aromatic rings. The molecule has 6 heteroatoms. The van der Waals surface area contributed by atoms with Gasteiger partial charge in [0, 0.05) is 12.5 Å². The van der Waals surface area contributed by atoms with Crippen LogP contribution in [-0.4, -0.2) is 37.4 Å². The highest BCUT2D eigenvalue weighted by molar-refractivity contribution is 5.92. The molecule has 0 aliphatic heterocycles. The highest BCUT2D eigenvalue weighted by Crippen LogP contribution is 2.44. The van der Waals surface area contributed by atoms with Crippen LogP contribution in [0, 0.1) is 0 Å². The number of carboxylic acid groups (broad SMARTS) is 1. The molecule has 0 heterocycles. The molecular weight excluding hydrogens is 418 g/mol. The highest BCUT2D eigenvalue weighted by atomic mass is 16.5. The van der Waals surface area contributed by atoms with Crippen molar-refractivity contribution in [1.82, 2.24) is 5.32 Å². The summed E-state index contributed by atoms with van der Waals surface area (Å²) in [6.07, 6.45) is 3.61. The van der Waals surface area contributed by atoms with E-state index in [9.17, 15) is 14.7 Å². The molecule has 6 nitrogen and oxygen atoms in total. The van der Waals surface area contributed by atoms with Crippen LogP contribution in [0.3, 0.4) is 0 Å². The number of carboxylic acids is 1. The van der Waals surface area contributed by atoms with Crippen molar-refractivity contribution < 1.29 is 24.2 Å². The van der Waals surface area contributed by atoms with Crippen molar-refractivity contribution in [3.05, 3.63) is 95.1 Å². The summed E-state index contributed by atoms with van der Waals surface area (Å²) in [5, 5.41) is 12.1. The Morgan fingerprint density at radius 2 is 1.67 bits per heavy atom. The highest BCUT2D eigenvalue weighted by Gasteiger charge is 2.28. The van der Waals surface area contributed by atoms with E-state index in [4.69, 9.17) is 9.47 Å². The minimum absolute atomic E-state index is 0.0209. The second kappa shape index (κ2) is 10.0. The van der Waals surface area contributed by atoms with Crippen molar-refractivity contribution in [2.45, 2.75) is 12.3 Å². The maximum atomic E-state index is 12.2. The normalized spacial score (nSPS) is 12.3. The monoisotopic (exact) mass is 443 g/mol. The van der Waals surface area contributed by atoms with Gasteiger partial charge in [0.05, 0.1) is 12.7 Å². The molecule has 0 saturated heterocycles. The van der Waals surface area contributed by atoms with Gasteiger partial charge in [-0.05, 0) is 46.4 Å². The van der Waals surface area contributed by atoms with Gasteiger partial charge in [0.2, 0.25) is 0 Å². The van der Waals surface area contributed by atoms with E-state index in [1.807, 2.05) is 30.3 Å². The van der Waals surface area contributed by atoms with Crippen LogP contribution in [0.15, 0.2) is 72.8 Å². The molecule has 33 heavy (non-hydrogen) atoms. The Balaban J connectivity index is 1.29. The molecule has 0 aromatic heterocycles. The van der Waals surface area contributed by atoms with E-state index >= 15 is 0 Å². The Labute approximate surface area is 192 Å². The molecule has 0 unspecified atom stereocenters. The molecule has 168 valence electrons. The second-order valence-corrected chi connectivity index (χ2v) is 7.70.